The first kappa shape index (κ1) is 13.7. The average Bonchev–Trinajstić information content (AvgIpc) is 2.88. The van der Waals surface area contributed by atoms with Gasteiger partial charge in [-0.3, -0.25) is 9.69 Å². The number of primary amides is 1. The van der Waals surface area contributed by atoms with Crippen LogP contribution in [0.5, 0.6) is 11.5 Å². The Kier molecular flexibility index (Phi) is 3.85. The van der Waals surface area contributed by atoms with Crippen LogP contribution in [0.3, 0.4) is 0 Å². The summed E-state index contributed by atoms with van der Waals surface area (Å²) in [5.74, 6) is 1.35. The summed E-state index contributed by atoms with van der Waals surface area (Å²) in [7, 11) is 0. The second kappa shape index (κ2) is 5.61. The third-order valence-electron chi connectivity index (χ3n) is 3.78. The molecule has 1 atom stereocenters. The average molecular weight is 341 g/mol. The molecule has 1 fully saturated rings. The molecule has 2 N–H and O–H groups in total. The summed E-state index contributed by atoms with van der Waals surface area (Å²) in [5.41, 5.74) is 6.50. The van der Waals surface area contributed by atoms with Crippen molar-refractivity contribution in [2.24, 2.45) is 11.7 Å². The van der Waals surface area contributed by atoms with E-state index in [-0.39, 0.29) is 11.8 Å². The molecule has 1 saturated heterocycles. The van der Waals surface area contributed by atoms with Crippen molar-refractivity contribution in [2.75, 3.05) is 26.3 Å². The van der Waals surface area contributed by atoms with Crippen LogP contribution in [0.2, 0.25) is 0 Å². The molecule has 2 aliphatic rings. The second-order valence-corrected chi connectivity index (χ2v) is 6.06. The van der Waals surface area contributed by atoms with Gasteiger partial charge in [0.2, 0.25) is 5.91 Å². The quantitative estimate of drug-likeness (QED) is 0.906. The van der Waals surface area contributed by atoms with E-state index in [1.54, 1.807) is 0 Å². The Morgan fingerprint density at radius 3 is 2.70 bits per heavy atom. The Morgan fingerprint density at radius 2 is 2.05 bits per heavy atom. The van der Waals surface area contributed by atoms with Gasteiger partial charge in [-0.2, -0.15) is 0 Å². The van der Waals surface area contributed by atoms with E-state index in [0.717, 1.165) is 47.6 Å². The van der Waals surface area contributed by atoms with Gasteiger partial charge in [0.25, 0.3) is 0 Å². The van der Waals surface area contributed by atoms with Crippen molar-refractivity contribution in [2.45, 2.75) is 13.0 Å². The molecular weight excluding hydrogens is 324 g/mol. The Labute approximate surface area is 126 Å². The minimum atomic E-state index is -0.200. The number of nitrogens with zero attached hydrogens (tertiary/aromatic N) is 1. The Balaban J connectivity index is 1.73. The Morgan fingerprint density at radius 1 is 1.35 bits per heavy atom. The molecule has 20 heavy (non-hydrogen) atoms. The molecule has 2 aliphatic heterocycles. The zero-order valence-electron chi connectivity index (χ0n) is 11.1. The summed E-state index contributed by atoms with van der Waals surface area (Å²) < 4.78 is 12.2. The van der Waals surface area contributed by atoms with Crippen molar-refractivity contribution in [1.82, 2.24) is 4.90 Å². The first-order chi connectivity index (χ1) is 9.63. The highest BCUT2D eigenvalue weighted by molar-refractivity contribution is 9.10. The van der Waals surface area contributed by atoms with Crippen molar-refractivity contribution in [3.05, 3.63) is 22.2 Å². The Hall–Kier alpha value is -1.27. The van der Waals surface area contributed by atoms with E-state index in [1.165, 1.54) is 0 Å². The zero-order valence-corrected chi connectivity index (χ0v) is 12.7. The minimum Gasteiger partial charge on any atom is -0.486 e. The van der Waals surface area contributed by atoms with Crippen LogP contribution in [0, 0.1) is 5.92 Å². The van der Waals surface area contributed by atoms with Gasteiger partial charge in [0.05, 0.1) is 5.92 Å². The maximum Gasteiger partial charge on any atom is 0.221 e. The number of benzene rings is 1. The van der Waals surface area contributed by atoms with Gasteiger partial charge < -0.3 is 15.2 Å². The van der Waals surface area contributed by atoms with E-state index >= 15 is 0 Å². The van der Waals surface area contributed by atoms with Crippen molar-refractivity contribution in [3.8, 4) is 11.5 Å². The van der Waals surface area contributed by atoms with Gasteiger partial charge in [-0.05, 0) is 30.7 Å². The predicted molar refractivity (Wildman–Crippen MR) is 77.7 cm³/mol. The first-order valence-electron chi connectivity index (χ1n) is 6.73. The number of carbonyl (C=O) groups is 1. The van der Waals surface area contributed by atoms with Crippen LogP contribution in [-0.2, 0) is 11.3 Å². The maximum absolute atomic E-state index is 11.2. The summed E-state index contributed by atoms with van der Waals surface area (Å²) in [6.45, 7) is 3.58. The summed E-state index contributed by atoms with van der Waals surface area (Å²) in [6, 6.07) is 3.96. The fourth-order valence-electron chi connectivity index (χ4n) is 2.68. The first-order valence-corrected chi connectivity index (χ1v) is 7.52. The number of fused-ring (bicyclic) bond motifs is 1. The molecule has 6 heteroatoms. The van der Waals surface area contributed by atoms with Crippen LogP contribution in [-0.4, -0.2) is 37.1 Å². The number of hydrogen-bond acceptors (Lipinski definition) is 4. The van der Waals surface area contributed by atoms with Crippen molar-refractivity contribution in [1.29, 1.82) is 0 Å². The lowest BCUT2D eigenvalue weighted by Gasteiger charge is -2.22. The fraction of sp³-hybridized carbons (Fsp3) is 0.500. The number of halogens is 1. The normalized spacial score (nSPS) is 21.9. The third-order valence-corrected chi connectivity index (χ3v) is 4.52. The molecule has 1 aromatic rings. The van der Waals surface area contributed by atoms with Crippen molar-refractivity contribution in [3.63, 3.8) is 0 Å². The van der Waals surface area contributed by atoms with Gasteiger partial charge in [0.15, 0.2) is 11.5 Å². The van der Waals surface area contributed by atoms with E-state index in [0.29, 0.717) is 13.2 Å². The van der Waals surface area contributed by atoms with Gasteiger partial charge in [0, 0.05) is 17.6 Å². The molecule has 1 aromatic carbocycles. The topological polar surface area (TPSA) is 64.8 Å². The van der Waals surface area contributed by atoms with Crippen LogP contribution < -0.4 is 15.2 Å². The predicted octanol–water partition coefficient (Wildman–Crippen LogP) is 1.53. The summed E-state index contributed by atoms with van der Waals surface area (Å²) in [5, 5.41) is 0. The lowest BCUT2D eigenvalue weighted by Crippen LogP contribution is -2.27. The van der Waals surface area contributed by atoms with Crippen LogP contribution in [0.15, 0.2) is 16.6 Å². The molecule has 1 amide bonds. The molecular formula is C14H17BrN2O3. The van der Waals surface area contributed by atoms with Crippen LogP contribution in [0.4, 0.5) is 0 Å². The molecule has 0 radical (unpaired) electrons. The molecule has 2 heterocycles. The highest BCUT2D eigenvalue weighted by Crippen LogP contribution is 2.36. The number of ether oxygens (including phenoxy) is 2. The Bertz CT molecular complexity index is 535. The maximum atomic E-state index is 11.2. The van der Waals surface area contributed by atoms with Gasteiger partial charge >= 0.3 is 0 Å². The largest absolute Gasteiger partial charge is 0.486 e. The van der Waals surface area contributed by atoms with Crippen molar-refractivity contribution < 1.29 is 14.3 Å². The molecule has 108 valence electrons. The molecule has 0 saturated carbocycles. The number of carbonyl (C=O) groups excluding carboxylic acids is 1. The van der Waals surface area contributed by atoms with E-state index in [2.05, 4.69) is 20.8 Å². The highest BCUT2D eigenvalue weighted by Gasteiger charge is 2.27. The highest BCUT2D eigenvalue weighted by atomic mass is 79.9. The molecule has 0 bridgehead atoms. The minimum absolute atomic E-state index is 0.0222. The summed E-state index contributed by atoms with van der Waals surface area (Å²) >= 11 is 3.57. The molecule has 0 aromatic heterocycles. The van der Waals surface area contributed by atoms with Crippen LogP contribution in [0.25, 0.3) is 0 Å². The van der Waals surface area contributed by atoms with Crippen LogP contribution >= 0.6 is 15.9 Å². The summed E-state index contributed by atoms with van der Waals surface area (Å²) in [6.07, 6.45) is 0.845. The summed E-state index contributed by atoms with van der Waals surface area (Å²) in [4.78, 5) is 13.4. The van der Waals surface area contributed by atoms with Gasteiger partial charge in [-0.25, -0.2) is 0 Å². The van der Waals surface area contributed by atoms with Gasteiger partial charge in [-0.15, -0.1) is 0 Å². The number of hydrogen-bond donors (Lipinski definition) is 1. The second-order valence-electron chi connectivity index (χ2n) is 5.21. The number of rotatable bonds is 3. The molecule has 0 aliphatic carbocycles. The lowest BCUT2D eigenvalue weighted by atomic mass is 10.1. The number of amides is 1. The number of likely N-dealkylation sites (tertiary alicyclic amines) is 1. The monoisotopic (exact) mass is 340 g/mol. The lowest BCUT2D eigenvalue weighted by molar-refractivity contribution is -0.121. The zero-order chi connectivity index (χ0) is 14.1. The molecule has 1 unspecified atom stereocenters. The van der Waals surface area contributed by atoms with Gasteiger partial charge in [0.1, 0.15) is 13.2 Å². The fourth-order valence-corrected chi connectivity index (χ4v) is 3.12. The smallest absolute Gasteiger partial charge is 0.221 e. The number of nitrogens with two attached hydrogens (primary N) is 1. The van der Waals surface area contributed by atoms with E-state index in [4.69, 9.17) is 15.2 Å². The van der Waals surface area contributed by atoms with E-state index < -0.39 is 0 Å². The molecule has 0 spiro atoms. The SMILES string of the molecule is NC(=O)C1CCN(Cc2cc3c(cc2Br)OCCO3)C1. The molecule has 5 nitrogen and oxygen atoms in total. The standard InChI is InChI=1S/C14H17BrN2O3/c15-11-6-13-12(19-3-4-20-13)5-10(11)8-17-2-1-9(7-17)14(16)18/h5-6,9H,1-4,7-8H2,(H2,16,18). The van der Waals surface area contributed by atoms with Crippen molar-refractivity contribution >= 4 is 21.8 Å². The van der Waals surface area contributed by atoms with E-state index in [9.17, 15) is 4.79 Å². The van der Waals surface area contributed by atoms with Gasteiger partial charge in [-0.1, -0.05) is 15.9 Å². The van der Waals surface area contributed by atoms with E-state index in [1.807, 2.05) is 12.1 Å². The third kappa shape index (κ3) is 2.76. The molecule has 3 rings (SSSR count). The van der Waals surface area contributed by atoms with Crippen LogP contribution in [0.1, 0.15) is 12.0 Å².